The maximum absolute atomic E-state index is 11.3. The van der Waals surface area contributed by atoms with Crippen molar-refractivity contribution >= 4 is 12.1 Å². The maximum atomic E-state index is 11.3. The summed E-state index contributed by atoms with van der Waals surface area (Å²) in [4.78, 5) is 22.6. The maximum Gasteiger partial charge on any atom is 0.408 e. The number of hydrogen-bond acceptors (Lipinski definition) is 5. The molecule has 0 rings (SSSR count). The molecule has 0 aliphatic carbocycles. The highest BCUT2D eigenvalue weighted by molar-refractivity contribution is 5.83. The van der Waals surface area contributed by atoms with Gasteiger partial charge in [0.15, 0.2) is 0 Å². The van der Waals surface area contributed by atoms with Crippen LogP contribution in [0.2, 0.25) is 0 Å². The zero-order valence-corrected chi connectivity index (χ0v) is 9.94. The fourth-order valence-electron chi connectivity index (χ4n) is 0.858. The molecule has 1 unspecified atom stereocenters. The van der Waals surface area contributed by atoms with Gasteiger partial charge in [-0.05, 0) is 33.0 Å². The first-order chi connectivity index (χ1) is 7.30. The van der Waals surface area contributed by atoms with E-state index in [0.29, 0.717) is 0 Å². The SMILES string of the molecule is COC(=O)C(/C=C/N)NC(=O)OC(C)(C)C. The number of carbonyl (C=O) groups excluding carboxylic acids is 2. The smallest absolute Gasteiger partial charge is 0.408 e. The Hall–Kier alpha value is -1.72. The predicted molar refractivity (Wildman–Crippen MR) is 58.5 cm³/mol. The van der Waals surface area contributed by atoms with E-state index in [-0.39, 0.29) is 0 Å². The van der Waals surface area contributed by atoms with E-state index < -0.39 is 23.7 Å². The van der Waals surface area contributed by atoms with Gasteiger partial charge in [0.2, 0.25) is 0 Å². The third-order valence-electron chi connectivity index (χ3n) is 1.43. The third kappa shape index (κ3) is 5.90. The number of hydrogen-bond donors (Lipinski definition) is 2. The number of ether oxygens (including phenoxy) is 2. The largest absolute Gasteiger partial charge is 0.467 e. The molecule has 0 saturated heterocycles. The van der Waals surface area contributed by atoms with Gasteiger partial charge in [0, 0.05) is 0 Å². The van der Waals surface area contributed by atoms with Crippen molar-refractivity contribution in [3.05, 3.63) is 12.3 Å². The zero-order valence-electron chi connectivity index (χ0n) is 9.94. The highest BCUT2D eigenvalue weighted by Gasteiger charge is 2.22. The van der Waals surface area contributed by atoms with Gasteiger partial charge in [-0.2, -0.15) is 0 Å². The van der Waals surface area contributed by atoms with Crippen LogP contribution >= 0.6 is 0 Å². The number of methoxy groups -OCH3 is 1. The van der Waals surface area contributed by atoms with E-state index in [1.54, 1.807) is 20.8 Å². The topological polar surface area (TPSA) is 90.6 Å². The molecule has 3 N–H and O–H groups in total. The molecule has 0 aromatic rings. The molecule has 1 amide bonds. The minimum atomic E-state index is -0.940. The predicted octanol–water partition coefficient (Wildman–Crippen LogP) is 0.525. The van der Waals surface area contributed by atoms with E-state index in [4.69, 9.17) is 10.5 Å². The van der Waals surface area contributed by atoms with E-state index in [1.807, 2.05) is 0 Å². The summed E-state index contributed by atoms with van der Waals surface area (Å²) in [5.41, 5.74) is 4.52. The van der Waals surface area contributed by atoms with E-state index in [9.17, 15) is 9.59 Å². The van der Waals surface area contributed by atoms with E-state index in [0.717, 1.165) is 6.20 Å². The van der Waals surface area contributed by atoms with Gasteiger partial charge in [-0.1, -0.05) is 0 Å². The lowest BCUT2D eigenvalue weighted by molar-refractivity contribution is -0.141. The first-order valence-corrected chi connectivity index (χ1v) is 4.76. The van der Waals surface area contributed by atoms with E-state index in [2.05, 4.69) is 10.1 Å². The summed E-state index contributed by atoms with van der Waals surface area (Å²) in [5.74, 6) is -0.618. The van der Waals surface area contributed by atoms with Crippen LogP contribution in [0.4, 0.5) is 4.79 Å². The van der Waals surface area contributed by atoms with Crippen LogP contribution in [0.15, 0.2) is 12.3 Å². The molecule has 0 fully saturated rings. The lowest BCUT2D eigenvalue weighted by Gasteiger charge is -2.21. The van der Waals surface area contributed by atoms with Crippen molar-refractivity contribution < 1.29 is 19.1 Å². The molecule has 0 aliphatic heterocycles. The Morgan fingerprint density at radius 2 is 1.94 bits per heavy atom. The van der Waals surface area contributed by atoms with Crippen molar-refractivity contribution in [3.63, 3.8) is 0 Å². The van der Waals surface area contributed by atoms with Crippen LogP contribution in [0.25, 0.3) is 0 Å². The van der Waals surface area contributed by atoms with Crippen LogP contribution in [0.1, 0.15) is 20.8 Å². The van der Waals surface area contributed by atoms with Gasteiger partial charge in [-0.25, -0.2) is 9.59 Å². The Morgan fingerprint density at radius 3 is 2.31 bits per heavy atom. The second-order valence-electron chi connectivity index (χ2n) is 4.03. The van der Waals surface area contributed by atoms with E-state index >= 15 is 0 Å². The first-order valence-electron chi connectivity index (χ1n) is 4.76. The summed E-state index contributed by atoms with van der Waals surface area (Å²) in [6, 6.07) is -0.940. The van der Waals surface area contributed by atoms with Crippen LogP contribution in [0.3, 0.4) is 0 Å². The quantitative estimate of drug-likeness (QED) is 0.690. The molecule has 0 aromatic carbocycles. The van der Waals surface area contributed by atoms with Crippen LogP contribution in [0, 0.1) is 0 Å². The van der Waals surface area contributed by atoms with Crippen LogP contribution in [-0.2, 0) is 14.3 Å². The molecular formula is C10H18N2O4. The summed E-state index contributed by atoms with van der Waals surface area (Å²) in [6.45, 7) is 5.16. The second kappa shape index (κ2) is 5.99. The minimum Gasteiger partial charge on any atom is -0.467 e. The summed E-state index contributed by atoms with van der Waals surface area (Å²) in [5, 5.41) is 2.32. The van der Waals surface area contributed by atoms with Gasteiger partial charge >= 0.3 is 12.1 Å². The molecule has 6 heteroatoms. The fourth-order valence-corrected chi connectivity index (χ4v) is 0.858. The van der Waals surface area contributed by atoms with Crippen LogP contribution in [0.5, 0.6) is 0 Å². The molecular weight excluding hydrogens is 212 g/mol. The molecule has 0 bridgehead atoms. The fraction of sp³-hybridized carbons (Fsp3) is 0.600. The Morgan fingerprint density at radius 1 is 1.38 bits per heavy atom. The normalized spacial score (nSPS) is 13.2. The lowest BCUT2D eigenvalue weighted by atomic mass is 10.2. The van der Waals surface area contributed by atoms with Crippen molar-refractivity contribution in [3.8, 4) is 0 Å². The zero-order chi connectivity index (χ0) is 12.8. The van der Waals surface area contributed by atoms with Crippen LogP contribution in [-0.4, -0.2) is 30.8 Å². The Bertz CT molecular complexity index is 281. The molecule has 0 saturated carbocycles. The van der Waals surface area contributed by atoms with Gasteiger partial charge in [-0.15, -0.1) is 0 Å². The van der Waals surface area contributed by atoms with Gasteiger partial charge in [0.05, 0.1) is 7.11 Å². The average molecular weight is 230 g/mol. The Kier molecular flexibility index (Phi) is 5.35. The lowest BCUT2D eigenvalue weighted by Crippen LogP contribution is -2.43. The van der Waals surface area contributed by atoms with Gasteiger partial charge in [-0.3, -0.25) is 0 Å². The number of carbonyl (C=O) groups is 2. The molecule has 0 spiro atoms. The summed E-state index contributed by atoms with van der Waals surface area (Å²) < 4.78 is 9.46. The van der Waals surface area contributed by atoms with Gasteiger partial charge < -0.3 is 20.5 Å². The molecule has 0 heterocycles. The van der Waals surface area contributed by atoms with Gasteiger partial charge in [0.25, 0.3) is 0 Å². The number of rotatable bonds is 3. The molecule has 1 atom stereocenters. The first kappa shape index (κ1) is 14.3. The molecule has 92 valence electrons. The number of amides is 1. The van der Waals surface area contributed by atoms with Crippen molar-refractivity contribution in [2.75, 3.05) is 7.11 Å². The van der Waals surface area contributed by atoms with Crippen molar-refractivity contribution in [2.45, 2.75) is 32.4 Å². The third-order valence-corrected chi connectivity index (χ3v) is 1.43. The Labute approximate surface area is 94.8 Å². The summed E-state index contributed by atoms with van der Waals surface area (Å²) in [7, 11) is 1.22. The highest BCUT2D eigenvalue weighted by atomic mass is 16.6. The summed E-state index contributed by atoms with van der Waals surface area (Å²) in [6.07, 6.45) is 1.75. The van der Waals surface area contributed by atoms with Crippen molar-refractivity contribution in [1.29, 1.82) is 0 Å². The van der Waals surface area contributed by atoms with Gasteiger partial charge in [0.1, 0.15) is 11.6 Å². The molecule has 6 nitrogen and oxygen atoms in total. The number of esters is 1. The number of nitrogens with one attached hydrogen (secondary N) is 1. The summed E-state index contributed by atoms with van der Waals surface area (Å²) >= 11 is 0. The monoisotopic (exact) mass is 230 g/mol. The van der Waals surface area contributed by atoms with Crippen molar-refractivity contribution in [2.24, 2.45) is 5.73 Å². The molecule has 0 aliphatic rings. The Balaban J connectivity index is 4.41. The standard InChI is InChI=1S/C10H18N2O4/c1-10(2,3)16-9(14)12-7(5-6-11)8(13)15-4/h5-7H,11H2,1-4H3,(H,12,14)/b6-5+. The van der Waals surface area contributed by atoms with E-state index in [1.165, 1.54) is 13.2 Å². The second-order valence-corrected chi connectivity index (χ2v) is 4.03. The molecule has 0 aromatic heterocycles. The number of nitrogens with two attached hydrogens (primary N) is 1. The van der Waals surface area contributed by atoms with Crippen molar-refractivity contribution in [1.82, 2.24) is 5.32 Å². The minimum absolute atomic E-state index is 0.618. The van der Waals surface area contributed by atoms with Crippen LogP contribution < -0.4 is 11.1 Å². The highest BCUT2D eigenvalue weighted by Crippen LogP contribution is 2.07. The average Bonchev–Trinajstić information content (AvgIpc) is 2.13. The molecule has 16 heavy (non-hydrogen) atoms. The molecule has 0 radical (unpaired) electrons. The number of alkyl carbamates (subject to hydrolysis) is 1.